The van der Waals surface area contributed by atoms with Crippen molar-refractivity contribution in [3.8, 4) is 34.3 Å². The van der Waals surface area contributed by atoms with Crippen molar-refractivity contribution in [3.05, 3.63) is 66.2 Å². The van der Waals surface area contributed by atoms with Gasteiger partial charge in [0.1, 0.15) is 11.5 Å². The number of halogens is 3. The molecule has 1 aliphatic heterocycles. The minimum absolute atomic E-state index is 0.284. The standard InChI is InChI=1S/C29H29F3N2O5/c1-35-24-9-6-22(17-26(24)36-2)34-12-10-33(11-13-34)18-19-14-21-16-25(38-28(21)27(15-19)37-3)20-4-7-23(8-5-20)39-29(30,31)32/h4-9,14-17H,10-13,18H2,1-3H3. The zero-order valence-electron chi connectivity index (χ0n) is 21.9. The maximum atomic E-state index is 12.5. The van der Waals surface area contributed by atoms with Crippen molar-refractivity contribution >= 4 is 16.7 Å². The highest BCUT2D eigenvalue weighted by molar-refractivity contribution is 5.88. The van der Waals surface area contributed by atoms with Crippen LogP contribution in [0, 0.1) is 0 Å². The topological polar surface area (TPSA) is 56.5 Å². The lowest BCUT2D eigenvalue weighted by Gasteiger charge is -2.36. The van der Waals surface area contributed by atoms with Gasteiger partial charge >= 0.3 is 6.36 Å². The summed E-state index contributed by atoms with van der Waals surface area (Å²) in [5.41, 5.74) is 3.40. The van der Waals surface area contributed by atoms with Gasteiger partial charge in [0, 0.05) is 55.4 Å². The lowest BCUT2D eigenvalue weighted by molar-refractivity contribution is -0.274. The first-order valence-corrected chi connectivity index (χ1v) is 12.4. The molecule has 0 saturated carbocycles. The van der Waals surface area contributed by atoms with Gasteiger partial charge in [-0.1, -0.05) is 0 Å². The molecule has 0 aliphatic carbocycles. The van der Waals surface area contributed by atoms with Gasteiger partial charge < -0.3 is 28.3 Å². The van der Waals surface area contributed by atoms with Gasteiger partial charge in [-0.3, -0.25) is 4.90 Å². The van der Waals surface area contributed by atoms with Crippen molar-refractivity contribution in [2.75, 3.05) is 52.4 Å². The first-order chi connectivity index (χ1) is 18.8. The van der Waals surface area contributed by atoms with Crippen LogP contribution in [0.4, 0.5) is 18.9 Å². The lowest BCUT2D eigenvalue weighted by Crippen LogP contribution is -2.45. The van der Waals surface area contributed by atoms with Crippen molar-refractivity contribution < 1.29 is 36.5 Å². The zero-order chi connectivity index (χ0) is 27.6. The van der Waals surface area contributed by atoms with Crippen molar-refractivity contribution in [2.24, 2.45) is 0 Å². The summed E-state index contributed by atoms with van der Waals surface area (Å²) in [4.78, 5) is 4.72. The third kappa shape index (κ3) is 6.01. The SMILES string of the molecule is COc1ccc(N2CCN(Cc3cc(OC)c4oc(-c5ccc(OC(F)(F)F)cc5)cc4c3)CC2)cc1OC. The van der Waals surface area contributed by atoms with E-state index in [1.807, 2.05) is 30.3 Å². The number of alkyl halides is 3. The third-order valence-corrected chi connectivity index (χ3v) is 6.75. The Hall–Kier alpha value is -4.05. The summed E-state index contributed by atoms with van der Waals surface area (Å²) in [6, 6.07) is 17.5. The molecule has 206 valence electrons. The Bertz CT molecular complexity index is 1430. The Morgan fingerprint density at radius 1 is 0.769 bits per heavy atom. The Kier molecular flexibility index (Phi) is 7.47. The minimum Gasteiger partial charge on any atom is -0.493 e. The lowest BCUT2D eigenvalue weighted by atomic mass is 10.1. The van der Waals surface area contributed by atoms with Gasteiger partial charge in [0.2, 0.25) is 0 Å². The van der Waals surface area contributed by atoms with E-state index in [0.29, 0.717) is 34.2 Å². The highest BCUT2D eigenvalue weighted by Gasteiger charge is 2.31. The molecular weight excluding hydrogens is 513 g/mol. The molecule has 0 radical (unpaired) electrons. The van der Waals surface area contributed by atoms with Crippen LogP contribution in [0.25, 0.3) is 22.3 Å². The summed E-state index contributed by atoms with van der Waals surface area (Å²) in [5.74, 6) is 2.27. The molecule has 1 saturated heterocycles. The van der Waals surface area contributed by atoms with E-state index in [1.54, 1.807) is 21.3 Å². The number of furan rings is 1. The molecule has 4 aromatic rings. The van der Waals surface area contributed by atoms with Gasteiger partial charge in [-0.05, 0) is 60.2 Å². The van der Waals surface area contributed by atoms with Crippen LogP contribution in [0.5, 0.6) is 23.0 Å². The number of benzene rings is 3. The predicted octanol–water partition coefficient (Wildman–Crippen LogP) is 6.35. The molecule has 0 spiro atoms. The monoisotopic (exact) mass is 542 g/mol. The predicted molar refractivity (Wildman–Crippen MR) is 142 cm³/mol. The van der Waals surface area contributed by atoms with Crippen molar-refractivity contribution in [3.63, 3.8) is 0 Å². The van der Waals surface area contributed by atoms with E-state index < -0.39 is 6.36 Å². The van der Waals surface area contributed by atoms with E-state index >= 15 is 0 Å². The molecule has 3 aromatic carbocycles. The molecule has 0 N–H and O–H groups in total. The number of hydrogen-bond donors (Lipinski definition) is 0. The number of ether oxygens (including phenoxy) is 4. The summed E-state index contributed by atoms with van der Waals surface area (Å²) < 4.78 is 63.8. The van der Waals surface area contributed by atoms with Crippen molar-refractivity contribution in [1.82, 2.24) is 4.90 Å². The van der Waals surface area contributed by atoms with E-state index in [4.69, 9.17) is 18.6 Å². The number of nitrogens with zero attached hydrogens (tertiary/aromatic N) is 2. The summed E-state index contributed by atoms with van der Waals surface area (Å²) in [6.45, 7) is 4.27. The van der Waals surface area contributed by atoms with Gasteiger partial charge in [-0.15, -0.1) is 13.2 Å². The fraction of sp³-hybridized carbons (Fsp3) is 0.310. The molecule has 39 heavy (non-hydrogen) atoms. The Morgan fingerprint density at radius 2 is 1.46 bits per heavy atom. The second kappa shape index (κ2) is 11.0. The average Bonchev–Trinajstić information content (AvgIpc) is 3.36. The van der Waals surface area contributed by atoms with E-state index in [9.17, 15) is 13.2 Å². The van der Waals surface area contributed by atoms with Crippen LogP contribution in [0.1, 0.15) is 5.56 Å². The smallest absolute Gasteiger partial charge is 0.493 e. The maximum absolute atomic E-state index is 12.5. The van der Waals surface area contributed by atoms with Crippen LogP contribution in [-0.4, -0.2) is 58.8 Å². The van der Waals surface area contributed by atoms with Gasteiger partial charge in [-0.2, -0.15) is 0 Å². The largest absolute Gasteiger partial charge is 0.573 e. The molecule has 1 aromatic heterocycles. The van der Waals surface area contributed by atoms with E-state index in [1.165, 1.54) is 24.3 Å². The Labute approximate surface area is 224 Å². The molecular formula is C29H29F3N2O5. The van der Waals surface area contributed by atoms with Crippen molar-refractivity contribution in [1.29, 1.82) is 0 Å². The molecule has 1 fully saturated rings. The number of piperazine rings is 1. The van der Waals surface area contributed by atoms with E-state index in [0.717, 1.165) is 49.4 Å². The summed E-state index contributed by atoms with van der Waals surface area (Å²) >= 11 is 0. The van der Waals surface area contributed by atoms with Crippen LogP contribution < -0.4 is 23.8 Å². The van der Waals surface area contributed by atoms with Gasteiger partial charge in [-0.25, -0.2) is 0 Å². The fourth-order valence-corrected chi connectivity index (χ4v) is 4.83. The molecule has 1 aliphatic rings. The zero-order valence-corrected chi connectivity index (χ0v) is 21.9. The minimum atomic E-state index is -4.74. The molecule has 5 rings (SSSR count). The second-order valence-electron chi connectivity index (χ2n) is 9.20. The average molecular weight is 543 g/mol. The summed E-state index contributed by atoms with van der Waals surface area (Å²) in [6.07, 6.45) is -4.74. The second-order valence-corrected chi connectivity index (χ2v) is 9.20. The van der Waals surface area contributed by atoms with Crippen LogP contribution in [-0.2, 0) is 6.54 Å². The number of rotatable bonds is 8. The molecule has 0 unspecified atom stereocenters. The molecule has 0 amide bonds. The van der Waals surface area contributed by atoms with Crippen LogP contribution in [0.3, 0.4) is 0 Å². The van der Waals surface area contributed by atoms with Crippen LogP contribution >= 0.6 is 0 Å². The van der Waals surface area contributed by atoms with Gasteiger partial charge in [0.05, 0.1) is 21.3 Å². The molecule has 0 atom stereocenters. The first kappa shape index (κ1) is 26.6. The third-order valence-electron chi connectivity index (χ3n) is 6.75. The highest BCUT2D eigenvalue weighted by Crippen LogP contribution is 2.36. The van der Waals surface area contributed by atoms with E-state index in [2.05, 4.69) is 20.6 Å². The molecule has 0 bridgehead atoms. The number of anilines is 1. The van der Waals surface area contributed by atoms with Crippen LogP contribution in [0.2, 0.25) is 0 Å². The first-order valence-electron chi connectivity index (χ1n) is 12.4. The number of hydrogen-bond acceptors (Lipinski definition) is 7. The van der Waals surface area contributed by atoms with Gasteiger partial charge in [0.25, 0.3) is 0 Å². The van der Waals surface area contributed by atoms with Crippen LogP contribution in [0.15, 0.2) is 65.1 Å². The Balaban J connectivity index is 1.28. The number of methoxy groups -OCH3 is 3. The quantitative estimate of drug-likeness (QED) is 0.257. The number of fused-ring (bicyclic) bond motifs is 1. The molecule has 2 heterocycles. The summed E-state index contributed by atoms with van der Waals surface area (Å²) in [7, 11) is 4.85. The normalized spacial score (nSPS) is 14.5. The Morgan fingerprint density at radius 3 is 2.10 bits per heavy atom. The van der Waals surface area contributed by atoms with Gasteiger partial charge in [0.15, 0.2) is 22.8 Å². The van der Waals surface area contributed by atoms with Crippen molar-refractivity contribution in [2.45, 2.75) is 12.9 Å². The summed E-state index contributed by atoms with van der Waals surface area (Å²) in [5, 5.41) is 0.860. The highest BCUT2D eigenvalue weighted by atomic mass is 19.4. The maximum Gasteiger partial charge on any atom is 0.573 e. The fourth-order valence-electron chi connectivity index (χ4n) is 4.83. The van der Waals surface area contributed by atoms with E-state index in [-0.39, 0.29) is 5.75 Å². The molecule has 10 heteroatoms. The molecule has 7 nitrogen and oxygen atoms in total.